The molecule has 1 aromatic carbocycles. The minimum Gasteiger partial charge on any atom is -0.388 e. The normalized spacial score (nSPS) is 14.1. The van der Waals surface area contributed by atoms with Crippen LogP contribution in [0.5, 0.6) is 0 Å². The molecule has 0 aliphatic carbocycles. The van der Waals surface area contributed by atoms with Crippen LogP contribution in [0.2, 0.25) is 0 Å². The molecule has 2 aromatic heterocycles. The molecule has 4 rings (SSSR count). The van der Waals surface area contributed by atoms with Crippen molar-refractivity contribution in [2.75, 3.05) is 25.5 Å². The van der Waals surface area contributed by atoms with Crippen molar-refractivity contribution in [1.82, 2.24) is 20.2 Å². The highest BCUT2D eigenvalue weighted by molar-refractivity contribution is 5.98. The number of aromatic amines is 1. The van der Waals surface area contributed by atoms with Gasteiger partial charge in [-0.3, -0.25) is 19.5 Å². The fourth-order valence-electron chi connectivity index (χ4n) is 4.78. The van der Waals surface area contributed by atoms with E-state index in [-0.39, 0.29) is 18.0 Å². The number of amides is 1. The van der Waals surface area contributed by atoms with Gasteiger partial charge in [0.2, 0.25) is 0 Å². The van der Waals surface area contributed by atoms with Crippen molar-refractivity contribution in [3.05, 3.63) is 80.5 Å². The fraction of sp³-hybridized carbons (Fsp3) is 0.393. The smallest absolute Gasteiger partial charge is 0.253 e. The van der Waals surface area contributed by atoms with Gasteiger partial charge in [-0.15, -0.1) is 0 Å². The van der Waals surface area contributed by atoms with E-state index in [1.807, 2.05) is 52.2 Å². The lowest BCUT2D eigenvalue weighted by molar-refractivity contribution is 0.0950. The van der Waals surface area contributed by atoms with Crippen LogP contribution in [-0.2, 0) is 13.1 Å². The van der Waals surface area contributed by atoms with Crippen molar-refractivity contribution in [2.24, 2.45) is 0 Å². The third-order valence-corrected chi connectivity index (χ3v) is 6.83. The number of carbonyl (C=O) groups is 1. The lowest BCUT2D eigenvalue weighted by atomic mass is 9.98. The number of aryl methyl sites for hydroxylation is 2. The summed E-state index contributed by atoms with van der Waals surface area (Å²) >= 11 is 0. The van der Waals surface area contributed by atoms with Crippen LogP contribution in [0.15, 0.2) is 41.3 Å². The van der Waals surface area contributed by atoms with Crippen LogP contribution in [-0.4, -0.2) is 40.9 Å². The van der Waals surface area contributed by atoms with Crippen LogP contribution < -0.4 is 16.2 Å². The van der Waals surface area contributed by atoms with E-state index >= 15 is 0 Å². The Morgan fingerprint density at radius 1 is 1.06 bits per heavy atom. The van der Waals surface area contributed by atoms with Crippen molar-refractivity contribution in [3.8, 4) is 11.1 Å². The Morgan fingerprint density at radius 2 is 1.83 bits per heavy atom. The number of hydrogen-bond donors (Lipinski definition) is 3. The molecule has 0 unspecified atom stereocenters. The average Bonchev–Trinajstić information content (AvgIpc) is 2.84. The molecule has 0 bridgehead atoms. The summed E-state index contributed by atoms with van der Waals surface area (Å²) in [7, 11) is 1.85. The maximum atomic E-state index is 13.2. The number of likely N-dealkylation sites (tertiary alicyclic amines) is 1. The maximum Gasteiger partial charge on any atom is 0.253 e. The van der Waals surface area contributed by atoms with E-state index < -0.39 is 0 Å². The standard InChI is InChI=1S/C28H35N5O2/c1-18-12-19(2)32-28(35)25(18)16-31-27(34)24-13-22(14-26(29-4)20(24)3)21-8-9-23(30-15-21)17-33-10-6-5-7-11-33/h8-9,12-15,29H,5-7,10-11,16-17H2,1-4H3,(H,31,34)(H,32,35). The Kier molecular flexibility index (Phi) is 7.66. The molecule has 3 aromatic rings. The molecule has 35 heavy (non-hydrogen) atoms. The second-order valence-electron chi connectivity index (χ2n) is 9.45. The molecule has 184 valence electrons. The number of anilines is 1. The zero-order valence-electron chi connectivity index (χ0n) is 21.1. The van der Waals surface area contributed by atoms with Crippen LogP contribution in [0.1, 0.15) is 57.7 Å². The van der Waals surface area contributed by atoms with Crippen molar-refractivity contribution in [1.29, 1.82) is 0 Å². The number of H-pyrrole nitrogens is 1. The third kappa shape index (κ3) is 5.80. The van der Waals surface area contributed by atoms with Crippen LogP contribution in [0, 0.1) is 20.8 Å². The van der Waals surface area contributed by atoms with E-state index in [1.54, 1.807) is 0 Å². The Hall–Kier alpha value is -3.45. The number of piperidine rings is 1. The SMILES string of the molecule is CNc1cc(-c2ccc(CN3CCCCC3)nc2)cc(C(=O)NCc2c(C)cc(C)[nH]c2=O)c1C. The molecule has 3 N–H and O–H groups in total. The van der Waals surface area contributed by atoms with E-state index in [0.29, 0.717) is 11.1 Å². The molecule has 0 spiro atoms. The molecule has 1 amide bonds. The van der Waals surface area contributed by atoms with Gasteiger partial charge in [0.1, 0.15) is 0 Å². The summed E-state index contributed by atoms with van der Waals surface area (Å²) in [5.41, 5.74) is 7.34. The lowest BCUT2D eigenvalue weighted by Gasteiger charge is -2.25. The summed E-state index contributed by atoms with van der Waals surface area (Å²) in [6, 6.07) is 10.0. The van der Waals surface area contributed by atoms with Gasteiger partial charge in [0.15, 0.2) is 0 Å². The minimum absolute atomic E-state index is 0.167. The fourth-order valence-corrected chi connectivity index (χ4v) is 4.78. The first-order valence-electron chi connectivity index (χ1n) is 12.3. The number of nitrogens with zero attached hydrogens (tertiary/aromatic N) is 2. The molecule has 3 heterocycles. The summed E-state index contributed by atoms with van der Waals surface area (Å²) in [6.07, 6.45) is 5.73. The van der Waals surface area contributed by atoms with E-state index in [1.165, 1.54) is 19.3 Å². The van der Waals surface area contributed by atoms with Crippen LogP contribution in [0.4, 0.5) is 5.69 Å². The highest BCUT2D eigenvalue weighted by atomic mass is 16.1. The highest BCUT2D eigenvalue weighted by Gasteiger charge is 2.16. The van der Waals surface area contributed by atoms with Gasteiger partial charge in [0.25, 0.3) is 11.5 Å². The summed E-state index contributed by atoms with van der Waals surface area (Å²) in [5.74, 6) is -0.213. The van der Waals surface area contributed by atoms with Crippen LogP contribution >= 0.6 is 0 Å². The summed E-state index contributed by atoms with van der Waals surface area (Å²) in [5, 5.41) is 6.14. The van der Waals surface area contributed by atoms with Crippen molar-refractivity contribution < 1.29 is 4.79 Å². The second-order valence-corrected chi connectivity index (χ2v) is 9.45. The average molecular weight is 474 g/mol. The monoisotopic (exact) mass is 473 g/mol. The number of hydrogen-bond acceptors (Lipinski definition) is 5. The molecule has 7 heteroatoms. The lowest BCUT2D eigenvalue weighted by Crippen LogP contribution is -2.29. The zero-order chi connectivity index (χ0) is 24.9. The van der Waals surface area contributed by atoms with Crippen molar-refractivity contribution >= 4 is 11.6 Å². The zero-order valence-corrected chi connectivity index (χ0v) is 21.1. The van der Waals surface area contributed by atoms with Crippen LogP contribution in [0.25, 0.3) is 11.1 Å². The van der Waals surface area contributed by atoms with E-state index in [0.717, 1.165) is 59.0 Å². The Morgan fingerprint density at radius 3 is 2.49 bits per heavy atom. The molecule has 0 saturated carbocycles. The van der Waals surface area contributed by atoms with E-state index in [2.05, 4.69) is 32.7 Å². The van der Waals surface area contributed by atoms with Gasteiger partial charge < -0.3 is 15.6 Å². The van der Waals surface area contributed by atoms with Crippen LogP contribution in [0.3, 0.4) is 0 Å². The number of pyridine rings is 2. The molecular weight excluding hydrogens is 438 g/mol. The van der Waals surface area contributed by atoms with Gasteiger partial charge in [-0.05, 0) is 87.7 Å². The summed E-state index contributed by atoms with van der Waals surface area (Å²) < 4.78 is 0. The number of rotatable bonds is 7. The molecule has 0 atom stereocenters. The molecule has 1 aliphatic heterocycles. The van der Waals surface area contributed by atoms with Gasteiger partial charge >= 0.3 is 0 Å². The molecule has 1 aliphatic rings. The first-order chi connectivity index (χ1) is 16.9. The maximum absolute atomic E-state index is 13.2. The Balaban J connectivity index is 1.54. The molecule has 7 nitrogen and oxygen atoms in total. The quantitative estimate of drug-likeness (QED) is 0.476. The molecule has 1 fully saturated rings. The van der Waals surface area contributed by atoms with Crippen molar-refractivity contribution in [3.63, 3.8) is 0 Å². The number of aromatic nitrogens is 2. The Labute approximate surface area is 207 Å². The summed E-state index contributed by atoms with van der Waals surface area (Å²) in [4.78, 5) is 35.5. The predicted octanol–water partition coefficient (Wildman–Crippen LogP) is 4.32. The van der Waals surface area contributed by atoms with E-state index in [9.17, 15) is 9.59 Å². The molecule has 0 radical (unpaired) electrons. The first kappa shape index (κ1) is 24.7. The van der Waals surface area contributed by atoms with E-state index in [4.69, 9.17) is 4.98 Å². The third-order valence-electron chi connectivity index (χ3n) is 6.83. The molecular formula is C28H35N5O2. The highest BCUT2D eigenvalue weighted by Crippen LogP contribution is 2.28. The minimum atomic E-state index is -0.213. The van der Waals surface area contributed by atoms with Crippen molar-refractivity contribution in [2.45, 2.75) is 53.1 Å². The van der Waals surface area contributed by atoms with Gasteiger partial charge in [-0.2, -0.15) is 0 Å². The number of carbonyl (C=O) groups excluding carboxylic acids is 1. The predicted molar refractivity (Wildman–Crippen MR) is 141 cm³/mol. The van der Waals surface area contributed by atoms with Gasteiger partial charge in [0, 0.05) is 54.4 Å². The van der Waals surface area contributed by atoms with Gasteiger partial charge in [-0.25, -0.2) is 0 Å². The second kappa shape index (κ2) is 10.9. The van der Waals surface area contributed by atoms with Gasteiger partial charge in [0.05, 0.1) is 5.69 Å². The largest absolute Gasteiger partial charge is 0.388 e. The topological polar surface area (TPSA) is 90.1 Å². The van der Waals surface area contributed by atoms with Gasteiger partial charge in [-0.1, -0.05) is 12.5 Å². The number of nitrogens with one attached hydrogen (secondary N) is 3. The Bertz CT molecular complexity index is 1260. The number of benzene rings is 1. The summed E-state index contributed by atoms with van der Waals surface area (Å²) in [6.45, 7) is 8.98. The molecule has 1 saturated heterocycles. The first-order valence-corrected chi connectivity index (χ1v) is 12.3.